The van der Waals surface area contributed by atoms with Crippen molar-refractivity contribution in [2.24, 2.45) is 28.6 Å². The highest BCUT2D eigenvalue weighted by molar-refractivity contribution is 7.83. The molecule has 1 aromatic heterocycles. The number of cyclic esters (lactones) is 1. The summed E-state index contributed by atoms with van der Waals surface area (Å²) in [6.45, 7) is 15.7. The number of carbonyl (C=O) groups is 4. The van der Waals surface area contributed by atoms with Gasteiger partial charge >= 0.3 is 5.97 Å². The SMILES string of the molecule is CCC1CCc2ccc3cc2C(=C1c1cccnc1[C@H](C)OC)CC(C)(C)COC(=O)[C@@H]1CCCN(N1)C(=O)[C@@H](NC(=O)[C@H](C1CCCC1)N1CC[C@]2(CCN(C(=O)[C@H]4[C@@H](C5CC5)N4S(=O)c4ccc(C)cc4)C2)C1)C[C@H]1CN3CCO1. The average Bonchev–Trinajstić information content (AvgIpc) is 2.68. The predicted octanol–water partition coefficient (Wildman–Crippen LogP) is 8.20. The Bertz CT molecular complexity index is 2940. The molecular formula is C65H88N8O8S. The van der Waals surface area contributed by atoms with Crippen LogP contribution in [-0.4, -0.2) is 154 Å². The normalized spacial score (nSPS) is 31.0. The van der Waals surface area contributed by atoms with E-state index in [0.29, 0.717) is 71.1 Å². The smallest absolute Gasteiger partial charge is 0.324 e. The first-order valence-corrected chi connectivity index (χ1v) is 32.3. The van der Waals surface area contributed by atoms with Crippen LogP contribution in [0.2, 0.25) is 0 Å². The number of aryl methyl sites for hydroxylation is 2. The molecule has 6 bridgehead atoms. The standard InChI is InChI=1S/C65H88N8O8S/c1-7-43-18-19-44-22-23-47-34-51(44)52(55(43)50-14-10-28-66-56(50)42(3)79-6)36-64(4,5)40-81-63(77)53-15-11-29-72(68-53)61(75)54(35-48-37-69(47)32-33-80-48)67-60(74)58(45-12-8-9-13-45)70-30-26-65(38-70)27-31-71(39-65)62(76)59-57(46-20-21-46)73(59)82(78)49-24-16-41(2)17-25-49/h10,14,16-17,22-25,28,34,42-43,45-46,48,53-54,57-59,68H,7-9,11-13,15,18-21,26-27,29-33,35-40H2,1-6H3,(H,67,74)/t42-,43?,48-,53-,54-,57+,58-,59+,65-,73?,82?/m0/s1. The Hall–Kier alpha value is -5.04. The van der Waals surface area contributed by atoms with Gasteiger partial charge in [0.15, 0.2) is 0 Å². The maximum atomic E-state index is 15.4. The third kappa shape index (κ3) is 11.7. The van der Waals surface area contributed by atoms with Crippen LogP contribution in [0.3, 0.4) is 0 Å². The summed E-state index contributed by atoms with van der Waals surface area (Å²) in [6, 6.07) is 16.5. The van der Waals surface area contributed by atoms with Crippen molar-refractivity contribution in [3.63, 3.8) is 0 Å². The number of carbonyl (C=O) groups excluding carboxylic acids is 4. The number of likely N-dealkylation sites (tertiary alicyclic amines) is 2. The number of ether oxygens (including phenoxy) is 3. The highest BCUT2D eigenvalue weighted by Crippen LogP contribution is 2.52. The minimum atomic E-state index is -1.40. The molecule has 7 heterocycles. The van der Waals surface area contributed by atoms with Crippen molar-refractivity contribution in [1.82, 2.24) is 34.8 Å². The van der Waals surface area contributed by atoms with Gasteiger partial charge in [0.05, 0.1) is 48.1 Å². The second kappa shape index (κ2) is 23.8. The summed E-state index contributed by atoms with van der Waals surface area (Å²) in [4.78, 5) is 72.0. The van der Waals surface area contributed by atoms with Gasteiger partial charge in [0.1, 0.15) is 29.1 Å². The van der Waals surface area contributed by atoms with Crippen LogP contribution in [-0.2, 0) is 50.8 Å². The lowest BCUT2D eigenvalue weighted by Gasteiger charge is -2.40. The minimum Gasteiger partial charge on any atom is -0.464 e. The molecule has 2 saturated carbocycles. The molecule has 1 spiro atoms. The number of pyridine rings is 1. The Morgan fingerprint density at radius 1 is 0.939 bits per heavy atom. The molecule has 9 aliphatic rings. The van der Waals surface area contributed by atoms with Crippen molar-refractivity contribution in [3.8, 4) is 0 Å². The molecule has 442 valence electrons. The fraction of sp³-hybridized carbons (Fsp3) is 0.646. The molecule has 7 fully saturated rings. The van der Waals surface area contributed by atoms with Gasteiger partial charge in [-0.1, -0.05) is 63.4 Å². The minimum absolute atomic E-state index is 0.0147. The number of amides is 3. The van der Waals surface area contributed by atoms with Crippen LogP contribution in [0, 0.1) is 35.5 Å². The first-order chi connectivity index (χ1) is 39.6. The van der Waals surface area contributed by atoms with Crippen LogP contribution in [0.25, 0.3) is 11.1 Å². The largest absolute Gasteiger partial charge is 0.464 e. The van der Waals surface area contributed by atoms with E-state index < -0.39 is 40.5 Å². The van der Waals surface area contributed by atoms with Gasteiger partial charge < -0.3 is 29.3 Å². The van der Waals surface area contributed by atoms with E-state index in [-0.39, 0.29) is 72.3 Å². The topological polar surface area (TPSA) is 166 Å². The van der Waals surface area contributed by atoms with Gasteiger partial charge in [-0.3, -0.25) is 34.1 Å². The fourth-order valence-electron chi connectivity index (χ4n) is 15.4. The summed E-state index contributed by atoms with van der Waals surface area (Å²) in [5.41, 5.74) is 11.9. The summed E-state index contributed by atoms with van der Waals surface area (Å²) in [7, 11) is 0.337. The zero-order valence-corrected chi connectivity index (χ0v) is 50.2. The maximum absolute atomic E-state index is 15.4. The van der Waals surface area contributed by atoms with Gasteiger partial charge in [0.25, 0.3) is 5.91 Å². The molecule has 3 unspecified atom stereocenters. The van der Waals surface area contributed by atoms with Crippen LogP contribution in [0.1, 0.15) is 152 Å². The van der Waals surface area contributed by atoms with Crippen LogP contribution in [0.5, 0.6) is 0 Å². The first kappa shape index (κ1) is 57.4. The maximum Gasteiger partial charge on any atom is 0.324 e. The quantitative estimate of drug-likeness (QED) is 0.132. The number of rotatable bonds is 12. The van der Waals surface area contributed by atoms with Crippen molar-refractivity contribution >= 4 is 51.5 Å². The molecule has 11 atom stereocenters. The van der Waals surface area contributed by atoms with E-state index in [1.54, 1.807) is 12.1 Å². The third-order valence-corrected chi connectivity index (χ3v) is 21.7. The summed E-state index contributed by atoms with van der Waals surface area (Å²) >= 11 is 0. The lowest BCUT2D eigenvalue weighted by molar-refractivity contribution is -0.156. The van der Waals surface area contributed by atoms with Crippen molar-refractivity contribution in [1.29, 1.82) is 0 Å². The molecule has 2 aromatic carbocycles. The lowest BCUT2D eigenvalue weighted by atomic mass is 9.77. The zero-order chi connectivity index (χ0) is 57.0. The number of fused-ring (bicyclic) bond motifs is 6. The highest BCUT2D eigenvalue weighted by Gasteiger charge is 2.64. The number of esters is 1. The molecule has 3 amide bonds. The average molecular weight is 1140 g/mol. The number of hydrazine groups is 1. The van der Waals surface area contributed by atoms with E-state index in [1.165, 1.54) is 22.3 Å². The second-order valence-corrected chi connectivity index (χ2v) is 28.0. The lowest BCUT2D eigenvalue weighted by Crippen LogP contribution is -2.62. The molecular weight excluding hydrogens is 1050 g/mol. The van der Waals surface area contributed by atoms with Crippen molar-refractivity contribution < 1.29 is 37.6 Å². The van der Waals surface area contributed by atoms with E-state index in [2.05, 4.69) is 72.5 Å². The summed E-state index contributed by atoms with van der Waals surface area (Å²) < 4.78 is 34.8. The molecule has 0 radical (unpaired) electrons. The molecule has 82 heavy (non-hydrogen) atoms. The number of benzene rings is 2. The zero-order valence-electron chi connectivity index (χ0n) is 49.4. The van der Waals surface area contributed by atoms with Crippen molar-refractivity contribution in [3.05, 3.63) is 88.7 Å². The highest BCUT2D eigenvalue weighted by atomic mass is 32.2. The van der Waals surface area contributed by atoms with E-state index in [1.807, 2.05) is 52.7 Å². The Morgan fingerprint density at radius 3 is 2.50 bits per heavy atom. The van der Waals surface area contributed by atoms with Gasteiger partial charge in [-0.2, -0.15) is 0 Å². The number of morpholine rings is 1. The van der Waals surface area contributed by atoms with Crippen molar-refractivity contribution in [2.75, 3.05) is 71.0 Å². The van der Waals surface area contributed by atoms with Crippen LogP contribution in [0.4, 0.5) is 5.69 Å². The summed E-state index contributed by atoms with van der Waals surface area (Å²) in [6.07, 6.45) is 14.0. The molecule has 12 rings (SSSR count). The van der Waals surface area contributed by atoms with E-state index >= 15 is 9.59 Å². The monoisotopic (exact) mass is 1140 g/mol. The molecule has 17 heteroatoms. The number of methoxy groups -OCH3 is 1. The number of hydrogen-bond donors (Lipinski definition) is 2. The Balaban J connectivity index is 0.814. The summed E-state index contributed by atoms with van der Waals surface area (Å²) in [5.74, 6) is 0.0822. The number of allylic oxidation sites excluding steroid dienone is 2. The Morgan fingerprint density at radius 2 is 1.73 bits per heavy atom. The Kier molecular flexibility index (Phi) is 16.6. The molecule has 16 nitrogen and oxygen atoms in total. The molecule has 3 aliphatic carbocycles. The molecule has 3 aromatic rings. The number of anilines is 1. The van der Waals surface area contributed by atoms with E-state index in [0.717, 1.165) is 105 Å². The van der Waals surface area contributed by atoms with Gasteiger partial charge in [-0.25, -0.2) is 13.9 Å². The van der Waals surface area contributed by atoms with Gasteiger partial charge in [-0.15, -0.1) is 0 Å². The molecule has 2 N–H and O–H groups in total. The molecule has 6 aliphatic heterocycles. The van der Waals surface area contributed by atoms with E-state index in [9.17, 15) is 13.8 Å². The fourth-order valence-corrected chi connectivity index (χ4v) is 16.9. The Labute approximate surface area is 488 Å². The van der Waals surface area contributed by atoms with Gasteiger partial charge in [-0.05, 0) is 168 Å². The van der Waals surface area contributed by atoms with Gasteiger partial charge in [0.2, 0.25) is 11.8 Å². The number of hydrogen-bond acceptors (Lipinski definition) is 12. The predicted molar refractivity (Wildman–Crippen MR) is 316 cm³/mol. The van der Waals surface area contributed by atoms with E-state index in [4.69, 9.17) is 19.2 Å². The van der Waals surface area contributed by atoms with Crippen LogP contribution < -0.4 is 15.6 Å². The van der Waals surface area contributed by atoms with Crippen LogP contribution >= 0.6 is 0 Å². The summed E-state index contributed by atoms with van der Waals surface area (Å²) in [5, 5.41) is 4.96. The number of aromatic nitrogens is 1. The first-order valence-electron chi connectivity index (χ1n) is 31.2. The van der Waals surface area contributed by atoms with Crippen LogP contribution in [0.15, 0.2) is 65.7 Å². The van der Waals surface area contributed by atoms with Gasteiger partial charge in [0, 0.05) is 81.1 Å². The third-order valence-electron chi connectivity index (χ3n) is 20.2. The number of nitrogens with zero attached hydrogens (tertiary/aromatic N) is 6. The van der Waals surface area contributed by atoms with Crippen molar-refractivity contribution in [2.45, 2.75) is 178 Å². The second-order valence-electron chi connectivity index (χ2n) is 26.6. The number of nitrogens with one attached hydrogen (secondary N) is 2. The molecule has 5 saturated heterocycles.